The summed E-state index contributed by atoms with van der Waals surface area (Å²) in [5.74, 6) is -0.425. The first-order chi connectivity index (χ1) is 6.52. The minimum Gasteiger partial charge on any atom is -0.451 e. The van der Waals surface area contributed by atoms with Crippen molar-refractivity contribution in [2.75, 3.05) is 20.8 Å². The maximum absolute atomic E-state index is 11.5. The van der Waals surface area contributed by atoms with Gasteiger partial charge in [0.05, 0.1) is 13.7 Å². The van der Waals surface area contributed by atoms with E-state index in [1.807, 2.05) is 0 Å². The lowest BCUT2D eigenvalue weighted by Crippen LogP contribution is -2.25. The second-order valence-electron chi connectivity index (χ2n) is 2.98. The Balaban J connectivity index is 4.66. The Bertz CT molecular complexity index is 245. The summed E-state index contributed by atoms with van der Waals surface area (Å²) in [6.07, 6.45) is -0.786. The van der Waals surface area contributed by atoms with E-state index in [-0.39, 0.29) is 24.0 Å². The second kappa shape index (κ2) is 6.26. The van der Waals surface area contributed by atoms with Crippen molar-refractivity contribution in [2.24, 2.45) is 10.9 Å². The third kappa shape index (κ3) is 4.13. The molecule has 1 amide bonds. The predicted molar refractivity (Wildman–Crippen MR) is 51.6 cm³/mol. The summed E-state index contributed by atoms with van der Waals surface area (Å²) < 4.78 is 9.08. The summed E-state index contributed by atoms with van der Waals surface area (Å²) in [6, 6.07) is 0. The summed E-state index contributed by atoms with van der Waals surface area (Å²) >= 11 is 0. The monoisotopic (exact) mass is 201 g/mol. The molecule has 0 radical (unpaired) electrons. The van der Waals surface area contributed by atoms with Crippen LogP contribution in [0.2, 0.25) is 0 Å². The second-order valence-corrected chi connectivity index (χ2v) is 2.98. The highest BCUT2D eigenvalue weighted by Crippen LogP contribution is 1.98. The first kappa shape index (κ1) is 12.8. The fourth-order valence-corrected chi connectivity index (χ4v) is 0.784. The van der Waals surface area contributed by atoms with E-state index in [1.165, 1.54) is 14.2 Å². The number of hydrogen-bond acceptors (Lipinski definition) is 4. The molecule has 0 fully saturated rings. The molecule has 0 unspecified atom stereocenters. The number of nitrogens with zero attached hydrogens (tertiary/aromatic N) is 1. The molecule has 0 spiro atoms. The van der Waals surface area contributed by atoms with Crippen LogP contribution in [-0.4, -0.2) is 38.4 Å². The van der Waals surface area contributed by atoms with Gasteiger partial charge in [-0.25, -0.2) is 4.79 Å². The molecular weight excluding hydrogens is 186 g/mol. The van der Waals surface area contributed by atoms with E-state index >= 15 is 0 Å². The number of hydrogen-bond donors (Lipinski definition) is 0. The molecule has 0 aliphatic rings. The van der Waals surface area contributed by atoms with Crippen LogP contribution in [-0.2, 0) is 14.3 Å². The van der Waals surface area contributed by atoms with Crippen LogP contribution in [0.1, 0.15) is 13.8 Å². The van der Waals surface area contributed by atoms with Gasteiger partial charge in [-0.3, -0.25) is 4.79 Å². The summed E-state index contributed by atoms with van der Waals surface area (Å²) in [7, 11) is 2.64. The molecule has 0 aromatic heterocycles. The molecule has 5 nitrogen and oxygen atoms in total. The van der Waals surface area contributed by atoms with Crippen molar-refractivity contribution in [1.29, 1.82) is 0 Å². The molecule has 5 heteroatoms. The van der Waals surface area contributed by atoms with Gasteiger partial charge in [0.25, 0.3) is 0 Å². The molecule has 0 aromatic carbocycles. The number of carbonyl (C=O) groups is 2. The molecule has 0 aliphatic heterocycles. The van der Waals surface area contributed by atoms with Crippen molar-refractivity contribution < 1.29 is 19.1 Å². The van der Waals surface area contributed by atoms with Gasteiger partial charge in [-0.1, -0.05) is 13.8 Å². The quantitative estimate of drug-likeness (QED) is 0.638. The number of ketones is 1. The van der Waals surface area contributed by atoms with Crippen molar-refractivity contribution in [3.8, 4) is 0 Å². The highest BCUT2D eigenvalue weighted by atomic mass is 16.5. The molecule has 14 heavy (non-hydrogen) atoms. The molecule has 0 rings (SSSR count). The highest BCUT2D eigenvalue weighted by molar-refractivity contribution is 6.42. The van der Waals surface area contributed by atoms with Gasteiger partial charge in [0.2, 0.25) is 0 Å². The zero-order valence-electron chi connectivity index (χ0n) is 8.86. The summed E-state index contributed by atoms with van der Waals surface area (Å²) in [6.45, 7) is 3.47. The Morgan fingerprint density at radius 2 is 1.86 bits per heavy atom. The average molecular weight is 201 g/mol. The Kier molecular flexibility index (Phi) is 5.71. The van der Waals surface area contributed by atoms with E-state index in [0.29, 0.717) is 0 Å². The number of rotatable bonds is 4. The van der Waals surface area contributed by atoms with Gasteiger partial charge in [-0.15, -0.1) is 0 Å². The van der Waals surface area contributed by atoms with Gasteiger partial charge in [-0.2, -0.15) is 4.99 Å². The van der Waals surface area contributed by atoms with Crippen LogP contribution in [0.5, 0.6) is 0 Å². The molecule has 0 atom stereocenters. The molecule has 80 valence electrons. The van der Waals surface area contributed by atoms with E-state index < -0.39 is 6.09 Å². The number of Topliss-reactive ketones (excluding diaryl/α,β-unsaturated/α-hetero) is 1. The van der Waals surface area contributed by atoms with Crippen molar-refractivity contribution in [3.63, 3.8) is 0 Å². The van der Waals surface area contributed by atoms with Gasteiger partial charge in [-0.05, 0) is 0 Å². The number of aliphatic imine (C=N–C) groups is 1. The molecular formula is C9H15NO4. The largest absolute Gasteiger partial charge is 0.451 e. The molecule has 0 heterocycles. The Morgan fingerprint density at radius 1 is 1.29 bits per heavy atom. The van der Waals surface area contributed by atoms with Crippen molar-refractivity contribution in [3.05, 3.63) is 0 Å². The smallest absolute Gasteiger partial charge is 0.433 e. The van der Waals surface area contributed by atoms with Crippen LogP contribution >= 0.6 is 0 Å². The van der Waals surface area contributed by atoms with Crippen LogP contribution in [0.3, 0.4) is 0 Å². The topological polar surface area (TPSA) is 65.0 Å². The van der Waals surface area contributed by atoms with Crippen LogP contribution in [0, 0.1) is 5.92 Å². The van der Waals surface area contributed by atoms with E-state index in [2.05, 4.69) is 9.73 Å². The minimum absolute atomic E-state index is 0.0200. The zero-order valence-corrected chi connectivity index (χ0v) is 8.86. The average Bonchev–Trinajstić information content (AvgIpc) is 2.15. The van der Waals surface area contributed by atoms with Gasteiger partial charge < -0.3 is 9.47 Å². The summed E-state index contributed by atoms with van der Waals surface area (Å²) in [4.78, 5) is 25.8. The number of methoxy groups -OCH3 is 2. The lowest BCUT2D eigenvalue weighted by molar-refractivity contribution is -0.115. The van der Waals surface area contributed by atoms with Gasteiger partial charge >= 0.3 is 6.09 Å². The third-order valence-electron chi connectivity index (χ3n) is 1.49. The SMILES string of the molecule is COCC(=NC(=O)OC)C(=O)C(C)C. The van der Waals surface area contributed by atoms with Crippen LogP contribution in [0.4, 0.5) is 4.79 Å². The van der Waals surface area contributed by atoms with Crippen LogP contribution < -0.4 is 0 Å². The van der Waals surface area contributed by atoms with Crippen molar-refractivity contribution >= 4 is 17.6 Å². The molecule has 0 saturated heterocycles. The summed E-state index contributed by atoms with van der Waals surface area (Å²) in [5.41, 5.74) is 0.0920. The van der Waals surface area contributed by atoms with Gasteiger partial charge in [0.15, 0.2) is 5.78 Å². The summed E-state index contributed by atoms with van der Waals surface area (Å²) in [5, 5.41) is 0. The third-order valence-corrected chi connectivity index (χ3v) is 1.49. The number of ether oxygens (including phenoxy) is 2. The Morgan fingerprint density at radius 3 is 2.21 bits per heavy atom. The van der Waals surface area contributed by atoms with E-state index in [4.69, 9.17) is 4.74 Å². The Hall–Kier alpha value is -1.23. The standard InChI is InChI=1S/C9H15NO4/c1-6(2)8(11)7(5-13-3)10-9(12)14-4/h6H,5H2,1-4H3. The molecule has 0 bridgehead atoms. The number of carbonyl (C=O) groups excluding carboxylic acids is 2. The predicted octanol–water partition coefficient (Wildman–Crippen LogP) is 1.07. The fraction of sp³-hybridized carbons (Fsp3) is 0.667. The fourth-order valence-electron chi connectivity index (χ4n) is 0.784. The Labute approximate surface area is 83.1 Å². The minimum atomic E-state index is -0.786. The molecule has 0 saturated carbocycles. The van der Waals surface area contributed by atoms with Crippen LogP contribution in [0.25, 0.3) is 0 Å². The first-order valence-electron chi connectivity index (χ1n) is 4.21. The van der Waals surface area contributed by atoms with Gasteiger partial charge in [0.1, 0.15) is 5.71 Å². The van der Waals surface area contributed by atoms with Gasteiger partial charge in [0, 0.05) is 13.0 Å². The normalized spacial score (nSPS) is 11.6. The van der Waals surface area contributed by atoms with E-state index in [1.54, 1.807) is 13.8 Å². The maximum atomic E-state index is 11.5. The first-order valence-corrected chi connectivity index (χ1v) is 4.21. The molecule has 0 aromatic rings. The van der Waals surface area contributed by atoms with Crippen molar-refractivity contribution in [2.45, 2.75) is 13.8 Å². The molecule has 0 aliphatic carbocycles. The van der Waals surface area contributed by atoms with E-state index in [9.17, 15) is 9.59 Å². The van der Waals surface area contributed by atoms with E-state index in [0.717, 1.165) is 0 Å². The van der Waals surface area contributed by atoms with Crippen LogP contribution in [0.15, 0.2) is 4.99 Å². The number of amides is 1. The maximum Gasteiger partial charge on any atom is 0.433 e. The molecule has 0 N–H and O–H groups in total. The van der Waals surface area contributed by atoms with Crippen molar-refractivity contribution in [1.82, 2.24) is 0 Å². The lowest BCUT2D eigenvalue weighted by Gasteiger charge is -2.06. The highest BCUT2D eigenvalue weighted by Gasteiger charge is 2.16. The zero-order chi connectivity index (χ0) is 11.1. The lowest BCUT2D eigenvalue weighted by atomic mass is 10.1.